The van der Waals surface area contributed by atoms with Crippen LogP contribution in [-0.4, -0.2) is 50.1 Å². The molecule has 5 rings (SSSR count). The molecule has 1 atom stereocenters. The first-order chi connectivity index (χ1) is 16.0. The first-order valence-electron chi connectivity index (χ1n) is 10.4. The molecule has 0 saturated carbocycles. The second-order valence-electron chi connectivity index (χ2n) is 7.64. The molecule has 3 heterocycles. The average Bonchev–Trinajstić information content (AvgIpc) is 3.44. The van der Waals surface area contributed by atoms with Crippen molar-refractivity contribution in [2.24, 2.45) is 0 Å². The molecule has 2 aromatic heterocycles. The van der Waals surface area contributed by atoms with Crippen LogP contribution in [0.25, 0.3) is 21.8 Å². The maximum absolute atomic E-state index is 13.1. The summed E-state index contributed by atoms with van der Waals surface area (Å²) < 4.78 is 12.2. The normalized spacial score (nSPS) is 13.0. The molecule has 11 heteroatoms. The Morgan fingerprint density at radius 1 is 1.21 bits per heavy atom. The number of carbonyl (C=O) groups is 2. The Morgan fingerprint density at radius 2 is 1.94 bits per heavy atom. The molecule has 0 spiro atoms. The van der Waals surface area contributed by atoms with Crippen molar-refractivity contribution in [2.45, 2.75) is 25.9 Å². The number of rotatable bonds is 6. The molecule has 34 heavy (non-hydrogen) atoms. The number of hydrogen-bond acceptors (Lipinski definition) is 6. The number of aliphatic carboxylic acids is 1. The third kappa shape index (κ3) is 3.82. The predicted octanol–water partition coefficient (Wildman–Crippen LogP) is 1.23. The summed E-state index contributed by atoms with van der Waals surface area (Å²) in [6.45, 7) is 2.25. The minimum absolute atomic E-state index is 0. The van der Waals surface area contributed by atoms with Gasteiger partial charge in [-0.05, 0) is 24.6 Å². The smallest absolute Gasteiger partial charge is 0.326 e. The van der Waals surface area contributed by atoms with Crippen LogP contribution in [0.5, 0.6) is 11.5 Å². The monoisotopic (exact) mass is 466 g/mol. The number of nitrogens with one attached hydrogen (secondary N) is 2. The Balaban J connectivity index is 0.00000274. The van der Waals surface area contributed by atoms with Crippen LogP contribution >= 0.6 is 0 Å². The Morgan fingerprint density at radius 3 is 2.68 bits per heavy atom. The number of aryl methyl sites for hydroxylation is 1. The van der Waals surface area contributed by atoms with Crippen molar-refractivity contribution < 1.29 is 29.6 Å². The minimum atomic E-state index is -1.25. The Hall–Kier alpha value is -4.38. The number of nitrogens with zero attached hydrogens (tertiary/aromatic N) is 2. The standard InChI is InChI=1S/C23H20N4O6.H2O/c1-2-27-17-9-19-18(32-11-33-19)8-14(17)21(28)20(26-27)22(29)25-16(23(30)31)7-12-10-24-15-6-4-3-5-13(12)15;/h3-6,8-10,16,24H,2,7,11H2,1H3,(H,25,29)(H,30,31);1H2/t16-;/m0./s1. The molecule has 11 nitrogen and oxygen atoms in total. The summed E-state index contributed by atoms with van der Waals surface area (Å²) in [6.07, 6.45) is 1.76. The highest BCUT2D eigenvalue weighted by Crippen LogP contribution is 2.35. The van der Waals surface area contributed by atoms with Gasteiger partial charge in [-0.15, -0.1) is 0 Å². The maximum Gasteiger partial charge on any atom is 0.326 e. The average molecular weight is 466 g/mol. The summed E-state index contributed by atoms with van der Waals surface area (Å²) in [7, 11) is 0. The molecule has 0 unspecified atom stereocenters. The molecule has 1 aliphatic rings. The number of para-hydroxylation sites is 1. The summed E-state index contributed by atoms with van der Waals surface area (Å²) in [5.41, 5.74) is 1.11. The fourth-order valence-electron chi connectivity index (χ4n) is 4.01. The highest BCUT2D eigenvalue weighted by atomic mass is 16.7. The van der Waals surface area contributed by atoms with E-state index < -0.39 is 23.3 Å². The lowest BCUT2D eigenvalue weighted by atomic mass is 10.0. The number of fused-ring (bicyclic) bond motifs is 3. The van der Waals surface area contributed by atoms with Crippen molar-refractivity contribution in [3.05, 3.63) is 64.1 Å². The van der Waals surface area contributed by atoms with Crippen molar-refractivity contribution in [2.75, 3.05) is 6.79 Å². The molecule has 0 aliphatic carbocycles. The Kier molecular flexibility index (Phi) is 5.95. The number of ether oxygens (including phenoxy) is 2. The summed E-state index contributed by atoms with van der Waals surface area (Å²) in [5.74, 6) is -1.17. The van der Waals surface area contributed by atoms with E-state index in [0.717, 1.165) is 16.5 Å². The number of carboxylic acid groups (broad SMARTS) is 1. The molecule has 176 valence electrons. The van der Waals surface area contributed by atoms with Crippen LogP contribution in [-0.2, 0) is 17.8 Å². The van der Waals surface area contributed by atoms with Crippen molar-refractivity contribution in [1.29, 1.82) is 0 Å². The van der Waals surface area contributed by atoms with E-state index in [2.05, 4.69) is 15.4 Å². The largest absolute Gasteiger partial charge is 0.480 e. The van der Waals surface area contributed by atoms with Crippen LogP contribution in [0.2, 0.25) is 0 Å². The highest BCUT2D eigenvalue weighted by Gasteiger charge is 2.26. The molecule has 0 radical (unpaired) electrons. The van der Waals surface area contributed by atoms with E-state index in [1.165, 1.54) is 10.7 Å². The van der Waals surface area contributed by atoms with Gasteiger partial charge in [0.15, 0.2) is 17.2 Å². The van der Waals surface area contributed by atoms with E-state index in [-0.39, 0.29) is 29.8 Å². The van der Waals surface area contributed by atoms with Crippen LogP contribution < -0.4 is 20.2 Å². The molecule has 4 aromatic rings. The van der Waals surface area contributed by atoms with Gasteiger partial charge in [-0.3, -0.25) is 14.3 Å². The SMILES string of the molecule is CCn1nc(C(=O)N[C@@H](Cc2c[nH]c3ccccc23)C(=O)O)c(=O)c2cc3c(cc21)OCO3.O. The second-order valence-corrected chi connectivity index (χ2v) is 7.64. The number of benzene rings is 2. The molecule has 0 fully saturated rings. The molecule has 0 bridgehead atoms. The topological polar surface area (TPSA) is 167 Å². The number of carboxylic acids is 1. The van der Waals surface area contributed by atoms with Crippen LogP contribution in [0.3, 0.4) is 0 Å². The number of amides is 1. The summed E-state index contributed by atoms with van der Waals surface area (Å²) in [6, 6.07) is 9.39. The minimum Gasteiger partial charge on any atom is -0.480 e. The fraction of sp³-hybridized carbons (Fsp3) is 0.217. The number of aromatic amines is 1. The van der Waals surface area contributed by atoms with Gasteiger partial charge in [-0.25, -0.2) is 4.79 Å². The summed E-state index contributed by atoms with van der Waals surface area (Å²) in [4.78, 5) is 41.1. The summed E-state index contributed by atoms with van der Waals surface area (Å²) in [5, 5.41) is 17.5. The number of aromatic nitrogens is 3. The van der Waals surface area contributed by atoms with E-state index in [1.54, 1.807) is 12.3 Å². The molecule has 2 aromatic carbocycles. The predicted molar refractivity (Wildman–Crippen MR) is 122 cm³/mol. The number of hydrogen-bond donors (Lipinski definition) is 3. The molecule has 1 amide bonds. The van der Waals surface area contributed by atoms with E-state index in [1.807, 2.05) is 31.2 Å². The lowest BCUT2D eigenvalue weighted by molar-refractivity contribution is -0.139. The zero-order valence-electron chi connectivity index (χ0n) is 18.1. The zero-order chi connectivity index (χ0) is 23.1. The van der Waals surface area contributed by atoms with Gasteiger partial charge in [-0.2, -0.15) is 5.10 Å². The van der Waals surface area contributed by atoms with Gasteiger partial charge in [0.05, 0.1) is 10.9 Å². The van der Waals surface area contributed by atoms with Crippen molar-refractivity contribution in [3.63, 3.8) is 0 Å². The van der Waals surface area contributed by atoms with E-state index >= 15 is 0 Å². The van der Waals surface area contributed by atoms with Gasteiger partial charge in [0.2, 0.25) is 12.2 Å². The van der Waals surface area contributed by atoms with Gasteiger partial charge in [-0.1, -0.05) is 18.2 Å². The lowest BCUT2D eigenvalue weighted by Crippen LogP contribution is -2.44. The first-order valence-corrected chi connectivity index (χ1v) is 10.4. The lowest BCUT2D eigenvalue weighted by Gasteiger charge is -2.15. The molecule has 0 saturated heterocycles. The Bertz CT molecular complexity index is 1470. The van der Waals surface area contributed by atoms with Crippen LogP contribution in [0.1, 0.15) is 23.0 Å². The second kappa shape index (κ2) is 8.87. The van der Waals surface area contributed by atoms with Gasteiger partial charge in [0.1, 0.15) is 6.04 Å². The maximum atomic E-state index is 13.1. The molecule has 5 N–H and O–H groups in total. The Labute approximate surface area is 192 Å². The first kappa shape index (κ1) is 22.8. The van der Waals surface area contributed by atoms with E-state index in [4.69, 9.17) is 9.47 Å². The summed E-state index contributed by atoms with van der Waals surface area (Å²) >= 11 is 0. The van der Waals surface area contributed by atoms with E-state index in [0.29, 0.717) is 23.6 Å². The highest BCUT2D eigenvalue weighted by molar-refractivity contribution is 5.98. The van der Waals surface area contributed by atoms with Gasteiger partial charge >= 0.3 is 5.97 Å². The fourth-order valence-corrected chi connectivity index (χ4v) is 4.01. The van der Waals surface area contributed by atoms with Gasteiger partial charge in [0.25, 0.3) is 5.91 Å². The third-order valence-corrected chi connectivity index (χ3v) is 5.67. The van der Waals surface area contributed by atoms with Crippen molar-refractivity contribution in [1.82, 2.24) is 20.1 Å². The quantitative estimate of drug-likeness (QED) is 0.384. The van der Waals surface area contributed by atoms with Crippen LogP contribution in [0.4, 0.5) is 0 Å². The number of carbonyl (C=O) groups excluding carboxylic acids is 1. The molecular formula is C23H22N4O7. The van der Waals surface area contributed by atoms with Gasteiger partial charge < -0.3 is 30.4 Å². The van der Waals surface area contributed by atoms with Crippen LogP contribution in [0.15, 0.2) is 47.4 Å². The van der Waals surface area contributed by atoms with Crippen molar-refractivity contribution in [3.8, 4) is 11.5 Å². The third-order valence-electron chi connectivity index (χ3n) is 5.67. The van der Waals surface area contributed by atoms with Gasteiger partial charge in [0, 0.05) is 36.1 Å². The molecular weight excluding hydrogens is 444 g/mol. The molecule has 1 aliphatic heterocycles. The number of H-pyrrole nitrogens is 1. The van der Waals surface area contributed by atoms with E-state index in [9.17, 15) is 19.5 Å². The zero-order valence-corrected chi connectivity index (χ0v) is 18.1. The van der Waals surface area contributed by atoms with Crippen molar-refractivity contribution >= 4 is 33.7 Å². The van der Waals surface area contributed by atoms with Crippen LogP contribution in [0, 0.1) is 0 Å².